The minimum atomic E-state index is -0.0933. The number of hydrogen-bond acceptors (Lipinski definition) is 5. The lowest BCUT2D eigenvalue weighted by atomic mass is 10.2. The Bertz CT molecular complexity index is 447. The number of carbonyl (C=O) groups is 1. The molecule has 0 heterocycles. The predicted octanol–water partition coefficient (Wildman–Crippen LogP) is 1.22. The fourth-order valence-electron chi connectivity index (χ4n) is 1.60. The minimum Gasteiger partial charge on any atom is -0.493 e. The molecule has 0 aliphatic heterocycles. The second-order valence-electron chi connectivity index (χ2n) is 4.37. The third-order valence-electron chi connectivity index (χ3n) is 2.44. The normalized spacial score (nSPS) is 10.2. The molecule has 0 spiro atoms. The average Bonchev–Trinajstić information content (AvgIpc) is 2.36. The van der Waals surface area contributed by atoms with Crippen molar-refractivity contribution >= 4 is 17.3 Å². The van der Waals surface area contributed by atoms with Crippen LogP contribution in [0.25, 0.3) is 0 Å². The van der Waals surface area contributed by atoms with Crippen molar-refractivity contribution in [1.29, 1.82) is 0 Å². The number of amides is 1. The quantitative estimate of drug-likeness (QED) is 0.675. The van der Waals surface area contributed by atoms with E-state index in [0.717, 1.165) is 0 Å². The molecule has 0 atom stereocenters. The Morgan fingerprint density at radius 3 is 2.37 bits per heavy atom. The number of rotatable bonds is 6. The molecule has 4 N–H and O–H groups in total. The van der Waals surface area contributed by atoms with E-state index in [9.17, 15) is 4.79 Å². The molecule has 0 fully saturated rings. The van der Waals surface area contributed by atoms with Crippen LogP contribution in [0.5, 0.6) is 11.5 Å². The molecule has 1 aromatic rings. The van der Waals surface area contributed by atoms with E-state index in [-0.39, 0.29) is 18.5 Å². The zero-order valence-corrected chi connectivity index (χ0v) is 11.7. The Morgan fingerprint density at radius 2 is 1.84 bits per heavy atom. The number of ether oxygens (including phenoxy) is 2. The maximum absolute atomic E-state index is 11.5. The van der Waals surface area contributed by atoms with Crippen LogP contribution in [-0.4, -0.2) is 32.7 Å². The van der Waals surface area contributed by atoms with Crippen molar-refractivity contribution < 1.29 is 14.3 Å². The van der Waals surface area contributed by atoms with Crippen molar-refractivity contribution in [3.8, 4) is 11.5 Å². The molecule has 0 radical (unpaired) electrons. The number of carbonyl (C=O) groups excluding carboxylic acids is 1. The van der Waals surface area contributed by atoms with E-state index in [1.165, 1.54) is 0 Å². The lowest BCUT2D eigenvalue weighted by Gasteiger charge is -2.14. The highest BCUT2D eigenvalue weighted by atomic mass is 16.5. The van der Waals surface area contributed by atoms with E-state index in [1.807, 2.05) is 13.8 Å². The second-order valence-corrected chi connectivity index (χ2v) is 4.37. The standard InChI is InChI=1S/C13H21N3O3/c1-8(2)16-13(17)7-15-10-6-12(19-4)11(18-3)5-9(10)14/h5-6,8,15H,7,14H2,1-4H3,(H,16,17). The van der Waals surface area contributed by atoms with E-state index in [4.69, 9.17) is 15.2 Å². The van der Waals surface area contributed by atoms with Crippen molar-refractivity contribution in [2.45, 2.75) is 19.9 Å². The molecule has 0 unspecified atom stereocenters. The molecule has 6 nitrogen and oxygen atoms in total. The van der Waals surface area contributed by atoms with Crippen LogP contribution in [0.3, 0.4) is 0 Å². The molecule has 1 amide bonds. The highest BCUT2D eigenvalue weighted by Crippen LogP contribution is 2.34. The average molecular weight is 267 g/mol. The van der Waals surface area contributed by atoms with Gasteiger partial charge in [0.1, 0.15) is 0 Å². The van der Waals surface area contributed by atoms with Crippen molar-refractivity contribution in [2.24, 2.45) is 0 Å². The van der Waals surface area contributed by atoms with Crippen LogP contribution in [0.4, 0.5) is 11.4 Å². The van der Waals surface area contributed by atoms with Gasteiger partial charge in [0.25, 0.3) is 0 Å². The largest absolute Gasteiger partial charge is 0.493 e. The maximum atomic E-state index is 11.5. The molecule has 106 valence electrons. The van der Waals surface area contributed by atoms with Crippen LogP contribution in [0, 0.1) is 0 Å². The summed E-state index contributed by atoms with van der Waals surface area (Å²) in [4.78, 5) is 11.5. The number of nitrogen functional groups attached to an aromatic ring is 1. The molecular weight excluding hydrogens is 246 g/mol. The summed E-state index contributed by atoms with van der Waals surface area (Å²) in [6.45, 7) is 3.96. The first kappa shape index (κ1) is 14.9. The van der Waals surface area contributed by atoms with Crippen molar-refractivity contribution in [3.05, 3.63) is 12.1 Å². The van der Waals surface area contributed by atoms with E-state index < -0.39 is 0 Å². The molecule has 1 rings (SSSR count). The van der Waals surface area contributed by atoms with Gasteiger partial charge in [0.05, 0.1) is 32.1 Å². The van der Waals surface area contributed by atoms with Crippen molar-refractivity contribution in [1.82, 2.24) is 5.32 Å². The zero-order valence-electron chi connectivity index (χ0n) is 11.7. The second kappa shape index (κ2) is 6.72. The summed E-state index contributed by atoms with van der Waals surface area (Å²) >= 11 is 0. The summed E-state index contributed by atoms with van der Waals surface area (Å²) in [7, 11) is 3.09. The number of anilines is 2. The van der Waals surface area contributed by atoms with Crippen LogP contribution < -0.4 is 25.8 Å². The lowest BCUT2D eigenvalue weighted by Crippen LogP contribution is -2.34. The van der Waals surface area contributed by atoms with Gasteiger partial charge in [-0.25, -0.2) is 0 Å². The van der Waals surface area contributed by atoms with Gasteiger partial charge in [-0.15, -0.1) is 0 Å². The van der Waals surface area contributed by atoms with E-state index in [1.54, 1.807) is 26.4 Å². The topological polar surface area (TPSA) is 85.6 Å². The SMILES string of the molecule is COc1cc(N)c(NCC(=O)NC(C)C)cc1OC. The third kappa shape index (κ3) is 4.24. The van der Waals surface area contributed by atoms with Crippen molar-refractivity contribution in [2.75, 3.05) is 31.8 Å². The van der Waals surface area contributed by atoms with Gasteiger partial charge >= 0.3 is 0 Å². The highest BCUT2D eigenvalue weighted by molar-refractivity contribution is 5.83. The van der Waals surface area contributed by atoms with E-state index in [0.29, 0.717) is 22.9 Å². The summed E-state index contributed by atoms with van der Waals surface area (Å²) in [6.07, 6.45) is 0. The van der Waals surface area contributed by atoms with Gasteiger partial charge in [-0.2, -0.15) is 0 Å². The van der Waals surface area contributed by atoms with Crippen LogP contribution in [0.15, 0.2) is 12.1 Å². The van der Waals surface area contributed by atoms with Crippen molar-refractivity contribution in [3.63, 3.8) is 0 Å². The van der Waals surface area contributed by atoms with Gasteiger partial charge in [-0.05, 0) is 13.8 Å². The van der Waals surface area contributed by atoms with Gasteiger partial charge in [0.15, 0.2) is 11.5 Å². The van der Waals surface area contributed by atoms with E-state index >= 15 is 0 Å². The molecule has 19 heavy (non-hydrogen) atoms. The third-order valence-corrected chi connectivity index (χ3v) is 2.44. The smallest absolute Gasteiger partial charge is 0.239 e. The van der Waals surface area contributed by atoms with E-state index in [2.05, 4.69) is 10.6 Å². The summed E-state index contributed by atoms with van der Waals surface area (Å²) in [5.74, 6) is 1.02. The number of nitrogens with two attached hydrogens (primary N) is 1. The summed E-state index contributed by atoms with van der Waals surface area (Å²) < 4.78 is 10.3. The summed E-state index contributed by atoms with van der Waals surface area (Å²) in [6, 6.07) is 3.47. The first-order valence-corrected chi connectivity index (χ1v) is 6.02. The Balaban J connectivity index is 2.76. The maximum Gasteiger partial charge on any atom is 0.239 e. The molecule has 0 aliphatic carbocycles. The molecular formula is C13H21N3O3. The van der Waals surface area contributed by atoms with Crippen LogP contribution >= 0.6 is 0 Å². The molecule has 0 aliphatic rings. The minimum absolute atomic E-state index is 0.0933. The van der Waals surface area contributed by atoms with Gasteiger partial charge in [-0.1, -0.05) is 0 Å². The number of hydrogen-bond donors (Lipinski definition) is 3. The number of nitrogens with one attached hydrogen (secondary N) is 2. The first-order chi connectivity index (χ1) is 8.97. The predicted molar refractivity (Wildman–Crippen MR) is 75.7 cm³/mol. The molecule has 1 aromatic carbocycles. The number of benzene rings is 1. The summed E-state index contributed by atoms with van der Waals surface area (Å²) in [5.41, 5.74) is 7.01. The monoisotopic (exact) mass is 267 g/mol. The Kier molecular flexibility index (Phi) is 5.29. The Hall–Kier alpha value is -2.11. The van der Waals surface area contributed by atoms with Gasteiger partial charge in [0, 0.05) is 18.2 Å². The van der Waals surface area contributed by atoms with Crippen LogP contribution in [-0.2, 0) is 4.79 Å². The molecule has 0 aromatic heterocycles. The fraction of sp³-hybridized carbons (Fsp3) is 0.462. The van der Waals surface area contributed by atoms with Gasteiger partial charge in [0.2, 0.25) is 5.91 Å². The lowest BCUT2D eigenvalue weighted by molar-refractivity contribution is -0.119. The molecule has 0 saturated carbocycles. The van der Waals surface area contributed by atoms with Gasteiger partial charge in [-0.3, -0.25) is 4.79 Å². The molecule has 6 heteroatoms. The summed E-state index contributed by atoms with van der Waals surface area (Å²) in [5, 5.41) is 5.76. The van der Waals surface area contributed by atoms with Crippen LogP contribution in [0.2, 0.25) is 0 Å². The van der Waals surface area contributed by atoms with Crippen LogP contribution in [0.1, 0.15) is 13.8 Å². The van der Waals surface area contributed by atoms with Gasteiger partial charge < -0.3 is 25.8 Å². The Morgan fingerprint density at radius 1 is 1.26 bits per heavy atom. The first-order valence-electron chi connectivity index (χ1n) is 6.02. The Labute approximate surface area is 113 Å². The fourth-order valence-corrected chi connectivity index (χ4v) is 1.60. The zero-order chi connectivity index (χ0) is 14.4. The highest BCUT2D eigenvalue weighted by Gasteiger charge is 2.10. The molecule has 0 bridgehead atoms. The molecule has 0 saturated heterocycles. The number of methoxy groups -OCH3 is 2.